The van der Waals surface area contributed by atoms with Crippen molar-refractivity contribution in [2.75, 3.05) is 25.2 Å². The Bertz CT molecular complexity index is 895. The molecule has 0 bridgehead atoms. The second kappa shape index (κ2) is 6.25. The highest BCUT2D eigenvalue weighted by Gasteiger charge is 2.25. The Morgan fingerprint density at radius 1 is 1.15 bits per heavy atom. The first-order valence-electron chi connectivity index (χ1n) is 8.33. The maximum Gasteiger partial charge on any atom is 0.405 e. The number of hydrogen-bond donors (Lipinski definition) is 2. The van der Waals surface area contributed by atoms with Gasteiger partial charge in [-0.1, -0.05) is 18.2 Å². The van der Waals surface area contributed by atoms with Gasteiger partial charge in [-0.25, -0.2) is 4.79 Å². The Kier molecular flexibility index (Phi) is 3.91. The molecule has 2 amide bonds. The van der Waals surface area contributed by atoms with E-state index in [1.165, 1.54) is 0 Å². The largest absolute Gasteiger partial charge is 0.493 e. The highest BCUT2D eigenvalue weighted by Crippen LogP contribution is 2.39. The topological polar surface area (TPSA) is 88.1 Å². The second-order valence-corrected chi connectivity index (χ2v) is 6.32. The molecule has 7 nitrogen and oxygen atoms in total. The first-order chi connectivity index (χ1) is 12.5. The van der Waals surface area contributed by atoms with E-state index in [0.717, 1.165) is 22.4 Å². The summed E-state index contributed by atoms with van der Waals surface area (Å²) in [7, 11) is 1.73. The number of likely N-dealkylation sites (N-methyl/N-ethyl adjacent to an activating group) is 1. The monoisotopic (exact) mass is 354 g/mol. The minimum absolute atomic E-state index is 0.0491. The number of amides is 2. The van der Waals surface area contributed by atoms with E-state index in [0.29, 0.717) is 24.5 Å². The molecule has 1 unspecified atom stereocenters. The standard InChI is InChI=1S/C19H18N2O5/c1-21-15-8-11(3-5-16(15)26-10-18(21)22)12-2-4-13-14(20-19(23)24)6-7-25-17(13)9-12/h2-5,8-9,14,20H,6-7,10H2,1H3,(H,23,24). The fourth-order valence-corrected chi connectivity index (χ4v) is 3.32. The smallest absolute Gasteiger partial charge is 0.405 e. The fourth-order valence-electron chi connectivity index (χ4n) is 3.32. The molecule has 2 aliphatic rings. The van der Waals surface area contributed by atoms with Gasteiger partial charge in [0.2, 0.25) is 0 Å². The van der Waals surface area contributed by atoms with E-state index in [4.69, 9.17) is 14.6 Å². The van der Waals surface area contributed by atoms with E-state index in [-0.39, 0.29) is 18.6 Å². The third-order valence-corrected chi connectivity index (χ3v) is 4.73. The zero-order valence-corrected chi connectivity index (χ0v) is 14.2. The summed E-state index contributed by atoms with van der Waals surface area (Å²) in [5, 5.41) is 11.5. The second-order valence-electron chi connectivity index (χ2n) is 6.32. The summed E-state index contributed by atoms with van der Waals surface area (Å²) in [6.45, 7) is 0.504. The van der Waals surface area contributed by atoms with Gasteiger partial charge >= 0.3 is 6.09 Å². The first kappa shape index (κ1) is 16.3. The minimum Gasteiger partial charge on any atom is -0.493 e. The zero-order chi connectivity index (χ0) is 18.3. The Balaban J connectivity index is 1.69. The molecule has 2 aromatic rings. The number of carboxylic acid groups (broad SMARTS) is 1. The summed E-state index contributed by atoms with van der Waals surface area (Å²) >= 11 is 0. The van der Waals surface area contributed by atoms with Gasteiger partial charge in [-0.2, -0.15) is 0 Å². The van der Waals surface area contributed by atoms with Gasteiger partial charge in [-0.15, -0.1) is 0 Å². The number of carbonyl (C=O) groups excluding carboxylic acids is 1. The molecule has 7 heteroatoms. The maximum atomic E-state index is 11.8. The van der Waals surface area contributed by atoms with Crippen LogP contribution in [0.25, 0.3) is 11.1 Å². The lowest BCUT2D eigenvalue weighted by molar-refractivity contribution is -0.120. The van der Waals surface area contributed by atoms with E-state index in [9.17, 15) is 9.59 Å². The molecule has 2 N–H and O–H groups in total. The van der Waals surface area contributed by atoms with Crippen molar-refractivity contribution >= 4 is 17.7 Å². The number of benzene rings is 2. The van der Waals surface area contributed by atoms with Crippen LogP contribution in [0.1, 0.15) is 18.0 Å². The van der Waals surface area contributed by atoms with E-state index in [1.807, 2.05) is 36.4 Å². The number of rotatable bonds is 2. The number of nitrogens with zero attached hydrogens (tertiary/aromatic N) is 1. The molecule has 4 rings (SSSR count). The molecular formula is C19H18N2O5. The van der Waals surface area contributed by atoms with Crippen molar-refractivity contribution in [1.82, 2.24) is 5.32 Å². The molecule has 0 spiro atoms. The van der Waals surface area contributed by atoms with Crippen LogP contribution in [-0.2, 0) is 4.79 Å². The molecule has 0 aliphatic carbocycles. The Labute approximate surface area is 150 Å². The summed E-state index contributed by atoms with van der Waals surface area (Å²) < 4.78 is 11.2. The molecule has 26 heavy (non-hydrogen) atoms. The highest BCUT2D eigenvalue weighted by atomic mass is 16.5. The van der Waals surface area contributed by atoms with Crippen molar-refractivity contribution in [1.29, 1.82) is 0 Å². The molecule has 134 valence electrons. The predicted molar refractivity (Wildman–Crippen MR) is 94.8 cm³/mol. The van der Waals surface area contributed by atoms with Gasteiger partial charge in [0.25, 0.3) is 5.91 Å². The highest BCUT2D eigenvalue weighted by molar-refractivity contribution is 5.98. The normalized spacial score (nSPS) is 18.3. The molecule has 0 radical (unpaired) electrons. The van der Waals surface area contributed by atoms with Gasteiger partial charge in [0, 0.05) is 19.0 Å². The van der Waals surface area contributed by atoms with Crippen LogP contribution in [0.5, 0.6) is 11.5 Å². The van der Waals surface area contributed by atoms with Gasteiger partial charge in [0.1, 0.15) is 11.5 Å². The van der Waals surface area contributed by atoms with Crippen LogP contribution in [0.15, 0.2) is 36.4 Å². The van der Waals surface area contributed by atoms with Crippen molar-refractivity contribution in [3.05, 3.63) is 42.0 Å². The van der Waals surface area contributed by atoms with Crippen LogP contribution in [0.2, 0.25) is 0 Å². The third kappa shape index (κ3) is 2.81. The quantitative estimate of drug-likeness (QED) is 0.866. The van der Waals surface area contributed by atoms with Crippen LogP contribution in [0.3, 0.4) is 0 Å². The Morgan fingerprint density at radius 2 is 1.92 bits per heavy atom. The number of ether oxygens (including phenoxy) is 2. The van der Waals surface area contributed by atoms with Crippen molar-refractivity contribution in [2.24, 2.45) is 0 Å². The average molecular weight is 354 g/mol. The average Bonchev–Trinajstić information content (AvgIpc) is 2.64. The molecule has 1 atom stereocenters. The lowest BCUT2D eigenvalue weighted by atomic mass is 9.96. The number of fused-ring (bicyclic) bond motifs is 2. The van der Waals surface area contributed by atoms with E-state index >= 15 is 0 Å². The van der Waals surface area contributed by atoms with E-state index in [2.05, 4.69) is 5.32 Å². The van der Waals surface area contributed by atoms with Crippen LogP contribution in [-0.4, -0.2) is 37.4 Å². The Morgan fingerprint density at radius 3 is 2.73 bits per heavy atom. The van der Waals surface area contributed by atoms with Gasteiger partial charge in [0.15, 0.2) is 6.61 Å². The SMILES string of the molecule is CN1C(=O)COc2ccc(-c3ccc4c(c3)OCCC4NC(=O)O)cc21. The molecule has 0 aromatic heterocycles. The van der Waals surface area contributed by atoms with Crippen LogP contribution < -0.4 is 19.7 Å². The van der Waals surface area contributed by atoms with Crippen molar-refractivity contribution < 1.29 is 24.2 Å². The number of nitrogens with one attached hydrogen (secondary N) is 1. The lowest BCUT2D eigenvalue weighted by Gasteiger charge is -2.27. The minimum atomic E-state index is -1.05. The third-order valence-electron chi connectivity index (χ3n) is 4.73. The summed E-state index contributed by atoms with van der Waals surface area (Å²) in [5.74, 6) is 1.26. The van der Waals surface area contributed by atoms with Crippen LogP contribution >= 0.6 is 0 Å². The van der Waals surface area contributed by atoms with Gasteiger partial charge in [-0.05, 0) is 29.3 Å². The molecule has 0 saturated heterocycles. The molecule has 2 aromatic carbocycles. The lowest BCUT2D eigenvalue weighted by Crippen LogP contribution is -2.35. The molecule has 2 heterocycles. The summed E-state index contributed by atoms with van der Waals surface area (Å²) in [6, 6.07) is 11.1. The van der Waals surface area contributed by atoms with Crippen LogP contribution in [0.4, 0.5) is 10.5 Å². The number of anilines is 1. The van der Waals surface area contributed by atoms with E-state index in [1.54, 1.807) is 11.9 Å². The zero-order valence-electron chi connectivity index (χ0n) is 14.2. The summed E-state index contributed by atoms with van der Waals surface area (Å²) in [4.78, 5) is 24.4. The molecule has 0 saturated carbocycles. The first-order valence-corrected chi connectivity index (χ1v) is 8.33. The van der Waals surface area contributed by atoms with Gasteiger partial charge in [-0.3, -0.25) is 4.79 Å². The Hall–Kier alpha value is -3.22. The van der Waals surface area contributed by atoms with Crippen molar-refractivity contribution in [3.63, 3.8) is 0 Å². The molecule has 0 fully saturated rings. The predicted octanol–water partition coefficient (Wildman–Crippen LogP) is 2.80. The van der Waals surface area contributed by atoms with Gasteiger partial charge < -0.3 is 24.8 Å². The number of carbonyl (C=O) groups is 2. The van der Waals surface area contributed by atoms with Crippen molar-refractivity contribution in [3.8, 4) is 22.6 Å². The number of hydrogen-bond acceptors (Lipinski definition) is 4. The van der Waals surface area contributed by atoms with E-state index < -0.39 is 6.09 Å². The van der Waals surface area contributed by atoms with Gasteiger partial charge in [0.05, 0.1) is 18.3 Å². The van der Waals surface area contributed by atoms with Crippen LogP contribution in [0, 0.1) is 0 Å². The fraction of sp³-hybridized carbons (Fsp3) is 0.263. The summed E-state index contributed by atoms with van der Waals surface area (Å²) in [5.41, 5.74) is 3.40. The molecule has 2 aliphatic heterocycles. The van der Waals surface area contributed by atoms with Crippen molar-refractivity contribution in [2.45, 2.75) is 12.5 Å². The molecular weight excluding hydrogens is 336 g/mol. The maximum absolute atomic E-state index is 11.8. The summed E-state index contributed by atoms with van der Waals surface area (Å²) in [6.07, 6.45) is -0.448.